The largest absolute Gasteiger partial charge is 0.468 e. The standard InChI is InChI=1S/C10H19O5P/c1-5-8-9(10(11)13-4)16(12,14-6-2)15-7-3/h5,9H,1,6-8H2,2-4H3. The summed E-state index contributed by atoms with van der Waals surface area (Å²) in [5.41, 5.74) is -0.935. The summed E-state index contributed by atoms with van der Waals surface area (Å²) in [7, 11) is -2.23. The zero-order chi connectivity index (χ0) is 12.6. The molecule has 0 rings (SSSR count). The summed E-state index contributed by atoms with van der Waals surface area (Å²) in [6.45, 7) is 7.31. The van der Waals surface area contributed by atoms with Crippen molar-refractivity contribution in [1.29, 1.82) is 0 Å². The van der Waals surface area contributed by atoms with Gasteiger partial charge in [-0.25, -0.2) is 0 Å². The number of allylic oxidation sites excluding steroid dienone is 1. The van der Waals surface area contributed by atoms with E-state index < -0.39 is 19.2 Å². The predicted molar refractivity (Wildman–Crippen MR) is 61.5 cm³/mol. The Labute approximate surface area is 96.3 Å². The molecule has 0 heterocycles. The van der Waals surface area contributed by atoms with Crippen LogP contribution >= 0.6 is 7.60 Å². The van der Waals surface area contributed by atoms with Crippen LogP contribution in [0, 0.1) is 0 Å². The maximum atomic E-state index is 12.3. The highest BCUT2D eigenvalue weighted by molar-refractivity contribution is 7.55. The molecule has 0 N–H and O–H groups in total. The Balaban J connectivity index is 4.99. The Hall–Kier alpha value is -0.640. The number of ether oxygens (including phenoxy) is 1. The minimum Gasteiger partial charge on any atom is -0.468 e. The van der Waals surface area contributed by atoms with Gasteiger partial charge in [-0.1, -0.05) is 6.08 Å². The molecule has 0 aliphatic heterocycles. The molecule has 0 radical (unpaired) electrons. The molecule has 0 fully saturated rings. The molecule has 1 atom stereocenters. The van der Waals surface area contributed by atoms with Gasteiger partial charge in [0.15, 0.2) is 5.66 Å². The zero-order valence-electron chi connectivity index (χ0n) is 9.97. The van der Waals surface area contributed by atoms with E-state index in [0.717, 1.165) is 0 Å². The molecule has 0 aromatic heterocycles. The molecule has 94 valence electrons. The molecule has 0 aromatic carbocycles. The number of hydrogen-bond acceptors (Lipinski definition) is 5. The summed E-state index contributed by atoms with van der Waals surface area (Å²) >= 11 is 0. The van der Waals surface area contributed by atoms with Crippen LogP contribution in [-0.2, 0) is 23.1 Å². The van der Waals surface area contributed by atoms with E-state index in [-0.39, 0.29) is 19.6 Å². The molecule has 0 saturated carbocycles. The minimum absolute atomic E-state index is 0.198. The lowest BCUT2D eigenvalue weighted by Crippen LogP contribution is -2.24. The van der Waals surface area contributed by atoms with Crippen LogP contribution in [0.3, 0.4) is 0 Å². The second kappa shape index (κ2) is 7.60. The molecule has 6 heteroatoms. The SMILES string of the molecule is C=CCC(C(=O)OC)P(=O)(OCC)OCC. The Kier molecular flexibility index (Phi) is 7.30. The average Bonchev–Trinajstić information content (AvgIpc) is 2.25. The van der Waals surface area contributed by atoms with Crippen molar-refractivity contribution in [3.63, 3.8) is 0 Å². The first kappa shape index (κ1) is 15.4. The molecule has 0 aliphatic carbocycles. The fourth-order valence-corrected chi connectivity index (χ4v) is 3.15. The van der Waals surface area contributed by atoms with E-state index in [0.29, 0.717) is 0 Å². The van der Waals surface area contributed by atoms with Crippen LogP contribution in [0.25, 0.3) is 0 Å². The van der Waals surface area contributed by atoms with Gasteiger partial charge in [-0.15, -0.1) is 6.58 Å². The summed E-state index contributed by atoms with van der Waals surface area (Å²) in [4.78, 5) is 11.5. The molecule has 0 amide bonds. The number of methoxy groups -OCH3 is 1. The minimum atomic E-state index is -3.46. The molecule has 16 heavy (non-hydrogen) atoms. The lowest BCUT2D eigenvalue weighted by Gasteiger charge is -2.23. The third-order valence-electron chi connectivity index (χ3n) is 1.86. The second-order valence-electron chi connectivity index (χ2n) is 2.94. The Bertz CT molecular complexity index is 266. The van der Waals surface area contributed by atoms with Crippen molar-refractivity contribution in [2.24, 2.45) is 0 Å². The number of esters is 1. The van der Waals surface area contributed by atoms with Gasteiger partial charge >= 0.3 is 13.6 Å². The monoisotopic (exact) mass is 250 g/mol. The van der Waals surface area contributed by atoms with E-state index in [1.807, 2.05) is 0 Å². The van der Waals surface area contributed by atoms with E-state index >= 15 is 0 Å². The highest BCUT2D eigenvalue weighted by Gasteiger charge is 2.40. The average molecular weight is 250 g/mol. The zero-order valence-corrected chi connectivity index (χ0v) is 10.9. The fraction of sp³-hybridized carbons (Fsp3) is 0.700. The number of hydrogen-bond donors (Lipinski definition) is 0. The van der Waals surface area contributed by atoms with Gasteiger partial charge in [-0.2, -0.15) is 0 Å². The van der Waals surface area contributed by atoms with Gasteiger partial charge in [0.25, 0.3) is 0 Å². The van der Waals surface area contributed by atoms with Gasteiger partial charge in [0.1, 0.15) is 0 Å². The molecule has 1 unspecified atom stereocenters. The Morgan fingerprint density at radius 1 is 1.38 bits per heavy atom. The van der Waals surface area contributed by atoms with E-state index in [1.165, 1.54) is 13.2 Å². The molecular weight excluding hydrogens is 231 g/mol. The second-order valence-corrected chi connectivity index (χ2v) is 5.16. The van der Waals surface area contributed by atoms with Crippen molar-refractivity contribution < 1.29 is 23.1 Å². The first-order valence-corrected chi connectivity index (χ1v) is 6.74. The van der Waals surface area contributed by atoms with Crippen LogP contribution < -0.4 is 0 Å². The fourth-order valence-electron chi connectivity index (χ4n) is 1.23. The maximum absolute atomic E-state index is 12.3. The summed E-state index contributed by atoms with van der Waals surface area (Å²) < 4.78 is 27.1. The summed E-state index contributed by atoms with van der Waals surface area (Å²) in [6, 6.07) is 0. The highest BCUT2D eigenvalue weighted by Crippen LogP contribution is 2.54. The van der Waals surface area contributed by atoms with Gasteiger partial charge < -0.3 is 13.8 Å². The van der Waals surface area contributed by atoms with Crippen LogP contribution in [0.2, 0.25) is 0 Å². The highest BCUT2D eigenvalue weighted by atomic mass is 31.2. The molecule has 0 saturated heterocycles. The molecular formula is C10H19O5P. The summed E-state index contributed by atoms with van der Waals surface area (Å²) in [6.07, 6.45) is 1.69. The van der Waals surface area contributed by atoms with Gasteiger partial charge in [-0.3, -0.25) is 9.36 Å². The molecule has 0 aromatic rings. The van der Waals surface area contributed by atoms with Crippen molar-refractivity contribution in [3.8, 4) is 0 Å². The van der Waals surface area contributed by atoms with Crippen LogP contribution in [-0.4, -0.2) is 32.0 Å². The van der Waals surface area contributed by atoms with Crippen molar-refractivity contribution in [2.75, 3.05) is 20.3 Å². The van der Waals surface area contributed by atoms with E-state index in [1.54, 1.807) is 13.8 Å². The molecule has 0 aliphatic rings. The Morgan fingerprint density at radius 3 is 2.19 bits per heavy atom. The quantitative estimate of drug-likeness (QED) is 0.376. The lowest BCUT2D eigenvalue weighted by molar-refractivity contribution is -0.140. The number of carbonyl (C=O) groups excluding carboxylic acids is 1. The smallest absolute Gasteiger partial charge is 0.345 e. The van der Waals surface area contributed by atoms with Gasteiger partial charge in [-0.05, 0) is 20.3 Å². The van der Waals surface area contributed by atoms with Gasteiger partial charge in [0, 0.05) is 0 Å². The number of carbonyl (C=O) groups is 1. The van der Waals surface area contributed by atoms with Crippen molar-refractivity contribution in [1.82, 2.24) is 0 Å². The van der Waals surface area contributed by atoms with Crippen LogP contribution in [0.1, 0.15) is 20.3 Å². The van der Waals surface area contributed by atoms with Crippen LogP contribution in [0.15, 0.2) is 12.7 Å². The Morgan fingerprint density at radius 2 is 1.88 bits per heavy atom. The third kappa shape index (κ3) is 4.08. The first-order chi connectivity index (χ1) is 7.55. The van der Waals surface area contributed by atoms with Gasteiger partial charge in [0.05, 0.1) is 20.3 Å². The third-order valence-corrected chi connectivity index (χ3v) is 4.28. The molecule has 0 bridgehead atoms. The lowest BCUT2D eigenvalue weighted by atomic mass is 10.3. The van der Waals surface area contributed by atoms with E-state index in [2.05, 4.69) is 11.3 Å². The van der Waals surface area contributed by atoms with Gasteiger partial charge in [0.2, 0.25) is 0 Å². The van der Waals surface area contributed by atoms with Crippen LogP contribution in [0.4, 0.5) is 0 Å². The van der Waals surface area contributed by atoms with E-state index in [9.17, 15) is 9.36 Å². The molecule has 5 nitrogen and oxygen atoms in total. The normalized spacial score (nSPS) is 13.2. The first-order valence-electron chi connectivity index (χ1n) is 5.13. The predicted octanol–water partition coefficient (Wildman–Crippen LogP) is 2.37. The van der Waals surface area contributed by atoms with Crippen molar-refractivity contribution >= 4 is 13.6 Å². The van der Waals surface area contributed by atoms with E-state index in [4.69, 9.17) is 9.05 Å². The molecule has 0 spiro atoms. The summed E-state index contributed by atoms with van der Waals surface area (Å²) in [5.74, 6) is -0.606. The summed E-state index contributed by atoms with van der Waals surface area (Å²) in [5, 5.41) is 0. The topological polar surface area (TPSA) is 61.8 Å². The van der Waals surface area contributed by atoms with Crippen molar-refractivity contribution in [2.45, 2.75) is 25.9 Å². The van der Waals surface area contributed by atoms with Crippen molar-refractivity contribution in [3.05, 3.63) is 12.7 Å². The van der Waals surface area contributed by atoms with Crippen LogP contribution in [0.5, 0.6) is 0 Å². The number of rotatable bonds is 8. The maximum Gasteiger partial charge on any atom is 0.345 e.